The Balaban J connectivity index is 1.76. The number of hydrogen-bond acceptors (Lipinski definition) is 4. The highest BCUT2D eigenvalue weighted by Crippen LogP contribution is 2.23. The van der Waals surface area contributed by atoms with E-state index in [0.717, 1.165) is 26.2 Å². The molecule has 19 heavy (non-hydrogen) atoms. The first-order valence-corrected chi connectivity index (χ1v) is 7.97. The minimum Gasteiger partial charge on any atom is -0.376 e. The Morgan fingerprint density at radius 3 is 3.05 bits per heavy atom. The highest BCUT2D eigenvalue weighted by Gasteiger charge is 2.15. The summed E-state index contributed by atoms with van der Waals surface area (Å²) in [5.74, 6) is 0. The van der Waals surface area contributed by atoms with Crippen LogP contribution in [0.2, 0.25) is 0 Å². The molecule has 108 valence electrons. The first-order valence-electron chi connectivity index (χ1n) is 7.16. The van der Waals surface area contributed by atoms with Crippen LogP contribution < -0.4 is 5.32 Å². The van der Waals surface area contributed by atoms with Crippen LogP contribution >= 0.6 is 11.3 Å². The summed E-state index contributed by atoms with van der Waals surface area (Å²) in [6.45, 7) is 9.82. The molecule has 1 aromatic rings. The number of ether oxygens (including phenoxy) is 2. The molecular weight excluding hydrogens is 258 g/mol. The van der Waals surface area contributed by atoms with Crippen molar-refractivity contribution < 1.29 is 9.47 Å². The highest BCUT2D eigenvalue weighted by atomic mass is 32.1. The van der Waals surface area contributed by atoms with Crippen LogP contribution in [0.4, 0.5) is 0 Å². The summed E-state index contributed by atoms with van der Waals surface area (Å²) in [4.78, 5) is 2.76. The van der Waals surface area contributed by atoms with Gasteiger partial charge in [-0.05, 0) is 31.4 Å². The van der Waals surface area contributed by atoms with Crippen molar-refractivity contribution in [2.75, 3.05) is 13.2 Å². The zero-order valence-electron chi connectivity index (χ0n) is 12.2. The third-order valence-corrected chi connectivity index (χ3v) is 4.43. The molecule has 1 unspecified atom stereocenters. The molecule has 1 atom stereocenters. The molecule has 0 radical (unpaired) electrons. The standard InChI is InChI=1S/C15H25NO2S/c1-11(2)16-8-15-7-13(12(3)19-15)9-17-10-14-5-4-6-18-14/h7,11,14,16H,4-6,8-10H2,1-3H3. The summed E-state index contributed by atoms with van der Waals surface area (Å²) in [5.41, 5.74) is 1.32. The fraction of sp³-hybridized carbons (Fsp3) is 0.733. The Morgan fingerprint density at radius 2 is 2.37 bits per heavy atom. The van der Waals surface area contributed by atoms with Crippen LogP contribution in [-0.4, -0.2) is 25.4 Å². The van der Waals surface area contributed by atoms with E-state index in [-0.39, 0.29) is 0 Å². The van der Waals surface area contributed by atoms with Crippen molar-refractivity contribution >= 4 is 11.3 Å². The molecule has 0 amide bonds. The van der Waals surface area contributed by atoms with Gasteiger partial charge in [-0.3, -0.25) is 0 Å². The molecule has 1 aliphatic rings. The average Bonchev–Trinajstić information content (AvgIpc) is 2.98. The molecule has 1 N–H and O–H groups in total. The number of hydrogen-bond donors (Lipinski definition) is 1. The topological polar surface area (TPSA) is 30.5 Å². The summed E-state index contributed by atoms with van der Waals surface area (Å²) in [6, 6.07) is 2.80. The van der Waals surface area contributed by atoms with E-state index in [0.29, 0.717) is 18.8 Å². The van der Waals surface area contributed by atoms with Crippen molar-refractivity contribution in [1.29, 1.82) is 0 Å². The maximum atomic E-state index is 5.78. The van der Waals surface area contributed by atoms with Gasteiger partial charge in [-0.2, -0.15) is 0 Å². The van der Waals surface area contributed by atoms with Crippen LogP contribution in [0.3, 0.4) is 0 Å². The van der Waals surface area contributed by atoms with E-state index in [1.54, 1.807) is 0 Å². The monoisotopic (exact) mass is 283 g/mol. The van der Waals surface area contributed by atoms with E-state index in [9.17, 15) is 0 Å². The first kappa shape index (κ1) is 15.0. The minimum atomic E-state index is 0.320. The largest absolute Gasteiger partial charge is 0.376 e. The van der Waals surface area contributed by atoms with Crippen molar-refractivity contribution in [1.82, 2.24) is 5.32 Å². The van der Waals surface area contributed by atoms with E-state index in [2.05, 4.69) is 32.2 Å². The van der Waals surface area contributed by atoms with Crippen LogP contribution in [0.1, 0.15) is 42.0 Å². The molecule has 1 fully saturated rings. The average molecular weight is 283 g/mol. The Kier molecular flexibility index (Phi) is 5.82. The zero-order chi connectivity index (χ0) is 13.7. The second kappa shape index (κ2) is 7.39. The fourth-order valence-electron chi connectivity index (χ4n) is 2.20. The van der Waals surface area contributed by atoms with Gasteiger partial charge in [-0.1, -0.05) is 13.8 Å². The van der Waals surface area contributed by atoms with Crippen LogP contribution in [0.5, 0.6) is 0 Å². The molecule has 2 rings (SSSR count). The van der Waals surface area contributed by atoms with Crippen LogP contribution in [0.25, 0.3) is 0 Å². The molecule has 4 heteroatoms. The summed E-state index contributed by atoms with van der Waals surface area (Å²) >= 11 is 1.87. The summed E-state index contributed by atoms with van der Waals surface area (Å²) in [5, 5.41) is 3.45. The van der Waals surface area contributed by atoms with Gasteiger partial charge in [0, 0.05) is 28.9 Å². The number of nitrogens with one attached hydrogen (secondary N) is 1. The third kappa shape index (κ3) is 4.88. The lowest BCUT2D eigenvalue weighted by molar-refractivity contribution is 0.0105. The SMILES string of the molecule is Cc1sc(CNC(C)C)cc1COCC1CCCO1. The van der Waals surface area contributed by atoms with E-state index in [1.807, 2.05) is 11.3 Å². The van der Waals surface area contributed by atoms with Crippen LogP contribution in [0.15, 0.2) is 6.07 Å². The Bertz CT molecular complexity index is 383. The van der Waals surface area contributed by atoms with Crippen molar-refractivity contribution in [2.45, 2.75) is 58.9 Å². The first-order chi connectivity index (χ1) is 9.15. The summed E-state index contributed by atoms with van der Waals surface area (Å²) < 4.78 is 11.3. The van der Waals surface area contributed by atoms with Crippen LogP contribution in [-0.2, 0) is 22.6 Å². The molecule has 1 aromatic heterocycles. The van der Waals surface area contributed by atoms with Crippen molar-refractivity contribution in [3.63, 3.8) is 0 Å². The fourth-order valence-corrected chi connectivity index (χ4v) is 3.20. The molecule has 2 heterocycles. The maximum Gasteiger partial charge on any atom is 0.0809 e. The molecule has 0 aliphatic carbocycles. The van der Waals surface area contributed by atoms with Crippen LogP contribution in [0, 0.1) is 6.92 Å². The van der Waals surface area contributed by atoms with E-state index >= 15 is 0 Å². The molecule has 3 nitrogen and oxygen atoms in total. The second-order valence-electron chi connectivity index (χ2n) is 5.48. The molecule has 0 aromatic carbocycles. The number of rotatable bonds is 7. The lowest BCUT2D eigenvalue weighted by Crippen LogP contribution is -2.21. The summed E-state index contributed by atoms with van der Waals surface area (Å²) in [6.07, 6.45) is 2.64. The zero-order valence-corrected chi connectivity index (χ0v) is 13.0. The van der Waals surface area contributed by atoms with Gasteiger partial charge in [-0.25, -0.2) is 0 Å². The van der Waals surface area contributed by atoms with Gasteiger partial charge in [0.1, 0.15) is 0 Å². The maximum absolute atomic E-state index is 5.78. The smallest absolute Gasteiger partial charge is 0.0809 e. The lowest BCUT2D eigenvalue weighted by Gasteiger charge is -2.09. The van der Waals surface area contributed by atoms with Gasteiger partial charge in [0.25, 0.3) is 0 Å². The molecular formula is C15H25NO2S. The Labute approximate surface area is 120 Å². The van der Waals surface area contributed by atoms with Gasteiger partial charge in [0.2, 0.25) is 0 Å². The molecule has 0 spiro atoms. The van der Waals surface area contributed by atoms with Gasteiger partial charge < -0.3 is 14.8 Å². The second-order valence-corrected chi connectivity index (χ2v) is 6.82. The third-order valence-electron chi connectivity index (χ3n) is 3.34. The number of thiophene rings is 1. The van der Waals surface area contributed by atoms with E-state index in [4.69, 9.17) is 9.47 Å². The summed E-state index contributed by atoms with van der Waals surface area (Å²) in [7, 11) is 0. The molecule has 1 saturated heterocycles. The molecule has 0 saturated carbocycles. The Hall–Kier alpha value is -0.420. The Morgan fingerprint density at radius 1 is 1.53 bits per heavy atom. The van der Waals surface area contributed by atoms with Gasteiger partial charge in [0.15, 0.2) is 0 Å². The quantitative estimate of drug-likeness (QED) is 0.833. The van der Waals surface area contributed by atoms with Gasteiger partial charge >= 0.3 is 0 Å². The van der Waals surface area contributed by atoms with Gasteiger partial charge in [0.05, 0.1) is 19.3 Å². The van der Waals surface area contributed by atoms with E-state index < -0.39 is 0 Å². The predicted octanol–water partition coefficient (Wildman–Crippen LogP) is 3.25. The predicted molar refractivity (Wildman–Crippen MR) is 79.7 cm³/mol. The highest BCUT2D eigenvalue weighted by molar-refractivity contribution is 7.12. The van der Waals surface area contributed by atoms with Crippen molar-refractivity contribution in [3.8, 4) is 0 Å². The van der Waals surface area contributed by atoms with Gasteiger partial charge in [-0.15, -0.1) is 11.3 Å². The minimum absolute atomic E-state index is 0.320. The van der Waals surface area contributed by atoms with Crippen molar-refractivity contribution in [2.24, 2.45) is 0 Å². The van der Waals surface area contributed by atoms with Crippen molar-refractivity contribution in [3.05, 3.63) is 21.4 Å². The lowest BCUT2D eigenvalue weighted by atomic mass is 10.2. The van der Waals surface area contributed by atoms with E-state index in [1.165, 1.54) is 21.7 Å². The molecule has 0 bridgehead atoms. The molecule has 1 aliphatic heterocycles. The number of aryl methyl sites for hydroxylation is 1. The normalized spacial score (nSPS) is 19.5.